The highest BCUT2D eigenvalue weighted by atomic mass is 35.5. The van der Waals surface area contributed by atoms with E-state index in [1.165, 1.54) is 0 Å². The summed E-state index contributed by atoms with van der Waals surface area (Å²) in [5.41, 5.74) is 0.823. The molecule has 2 atom stereocenters. The zero-order chi connectivity index (χ0) is 20.4. The van der Waals surface area contributed by atoms with E-state index in [1.807, 2.05) is 13.0 Å². The van der Waals surface area contributed by atoms with E-state index >= 15 is 0 Å². The van der Waals surface area contributed by atoms with Gasteiger partial charge in [0.25, 0.3) is 0 Å². The minimum Gasteiger partial charge on any atom is -0.325 e. The fourth-order valence-corrected chi connectivity index (χ4v) is 3.99. The van der Waals surface area contributed by atoms with E-state index in [0.717, 1.165) is 17.3 Å². The lowest BCUT2D eigenvalue weighted by atomic mass is 9.72. The number of anilines is 1. The molecule has 0 saturated heterocycles. The van der Waals surface area contributed by atoms with Gasteiger partial charge in [0.1, 0.15) is 5.92 Å². The van der Waals surface area contributed by atoms with Crippen LogP contribution in [-0.2, 0) is 9.59 Å². The Kier molecular flexibility index (Phi) is 6.20. The first-order chi connectivity index (χ1) is 12.6. The third-order valence-corrected chi connectivity index (χ3v) is 5.80. The van der Waals surface area contributed by atoms with Crippen LogP contribution in [-0.4, -0.2) is 17.1 Å². The van der Waals surface area contributed by atoms with Crippen molar-refractivity contribution >= 4 is 40.9 Å². The van der Waals surface area contributed by atoms with Crippen LogP contribution in [0.4, 0.5) is 5.69 Å². The molecule has 1 aromatic rings. The average molecular weight is 403 g/mol. The van der Waals surface area contributed by atoms with Crippen LogP contribution in [0.15, 0.2) is 28.8 Å². The molecule has 1 heterocycles. The second-order valence-corrected chi connectivity index (χ2v) is 8.59. The number of allylic oxidation sites excluding steroid dienone is 1. The van der Waals surface area contributed by atoms with Gasteiger partial charge in [-0.1, -0.05) is 43.3 Å². The van der Waals surface area contributed by atoms with Gasteiger partial charge >= 0.3 is 0 Å². The van der Waals surface area contributed by atoms with E-state index < -0.39 is 22.5 Å². The number of thioether (sulfide) groups is 1. The highest BCUT2D eigenvalue weighted by molar-refractivity contribution is 8.04. The molecule has 140 valence electrons. The molecule has 2 amide bonds. The largest absolute Gasteiger partial charge is 0.325 e. The van der Waals surface area contributed by atoms with Crippen molar-refractivity contribution < 1.29 is 9.59 Å². The van der Waals surface area contributed by atoms with Crippen molar-refractivity contribution in [1.29, 1.82) is 10.5 Å². The van der Waals surface area contributed by atoms with Gasteiger partial charge in [-0.15, -0.1) is 0 Å². The molecule has 6 nitrogen and oxygen atoms in total. The number of nitrogens with one attached hydrogen (secondary N) is 2. The highest BCUT2D eigenvalue weighted by Crippen LogP contribution is 2.42. The molecule has 8 heteroatoms. The van der Waals surface area contributed by atoms with Gasteiger partial charge < -0.3 is 10.6 Å². The molecule has 0 unspecified atom stereocenters. The van der Waals surface area contributed by atoms with Crippen molar-refractivity contribution in [2.24, 2.45) is 11.3 Å². The quantitative estimate of drug-likeness (QED) is 0.797. The molecule has 0 saturated carbocycles. The molecule has 1 aliphatic rings. The summed E-state index contributed by atoms with van der Waals surface area (Å²) in [6.07, 6.45) is 0. The van der Waals surface area contributed by atoms with Gasteiger partial charge in [0.05, 0.1) is 28.0 Å². The summed E-state index contributed by atoms with van der Waals surface area (Å²) in [6.45, 7) is 6.89. The fraction of sp³-hybridized carbons (Fsp3) is 0.368. The Morgan fingerprint density at radius 1 is 1.41 bits per heavy atom. The lowest BCUT2D eigenvalue weighted by Gasteiger charge is -2.35. The number of rotatable bonds is 4. The van der Waals surface area contributed by atoms with Crippen molar-refractivity contribution in [3.63, 3.8) is 0 Å². The Labute approximate surface area is 167 Å². The van der Waals surface area contributed by atoms with E-state index in [9.17, 15) is 20.1 Å². The summed E-state index contributed by atoms with van der Waals surface area (Å²) < 4.78 is 0. The summed E-state index contributed by atoms with van der Waals surface area (Å²) >= 11 is 7.05. The number of nitrogens with zero attached hydrogens (tertiary/aromatic N) is 2. The number of amides is 2. The van der Waals surface area contributed by atoms with Crippen LogP contribution in [0.1, 0.15) is 26.3 Å². The number of halogens is 1. The molecule has 0 aliphatic carbocycles. The molecule has 0 fully saturated rings. The first kappa shape index (κ1) is 20.8. The highest BCUT2D eigenvalue weighted by Gasteiger charge is 2.45. The van der Waals surface area contributed by atoms with Gasteiger partial charge in [0.2, 0.25) is 11.8 Å². The molecule has 0 radical (unpaired) electrons. The first-order valence-corrected chi connectivity index (χ1v) is 9.46. The lowest BCUT2D eigenvalue weighted by molar-refractivity contribution is -0.125. The third kappa shape index (κ3) is 4.27. The number of aryl methyl sites for hydroxylation is 1. The molecule has 2 rings (SSSR count). The molecule has 2 N–H and O–H groups in total. The van der Waals surface area contributed by atoms with Gasteiger partial charge in [0.15, 0.2) is 0 Å². The van der Waals surface area contributed by atoms with E-state index in [-0.39, 0.29) is 11.5 Å². The molecule has 27 heavy (non-hydrogen) atoms. The van der Waals surface area contributed by atoms with Crippen LogP contribution in [0.3, 0.4) is 0 Å². The number of benzene rings is 1. The maximum atomic E-state index is 12.6. The van der Waals surface area contributed by atoms with Gasteiger partial charge in [-0.3, -0.25) is 9.59 Å². The topological polar surface area (TPSA) is 106 Å². The Balaban J connectivity index is 2.24. The van der Waals surface area contributed by atoms with E-state index in [0.29, 0.717) is 15.7 Å². The van der Waals surface area contributed by atoms with Crippen molar-refractivity contribution in [1.82, 2.24) is 5.32 Å². The predicted octanol–water partition coefficient (Wildman–Crippen LogP) is 3.74. The Morgan fingerprint density at radius 3 is 2.67 bits per heavy atom. The molecule has 0 aromatic heterocycles. The van der Waals surface area contributed by atoms with Crippen LogP contribution in [0.5, 0.6) is 0 Å². The molecule has 1 aliphatic heterocycles. The SMILES string of the molecule is Cc1ccc(Cl)cc1NC(=O)[C@@H](C)SC1=C(C#N)C(C)(C)[C@@H](C#N)C(=O)N1. The predicted molar refractivity (Wildman–Crippen MR) is 106 cm³/mol. The fourth-order valence-electron chi connectivity index (χ4n) is 2.71. The smallest absolute Gasteiger partial charge is 0.243 e. The number of nitriles is 2. The third-order valence-electron chi connectivity index (χ3n) is 4.45. The van der Waals surface area contributed by atoms with E-state index in [4.69, 9.17) is 11.6 Å². The van der Waals surface area contributed by atoms with Crippen molar-refractivity contribution in [3.8, 4) is 12.1 Å². The molecule has 1 aromatic carbocycles. The summed E-state index contributed by atoms with van der Waals surface area (Å²) in [5.74, 6) is -1.72. The van der Waals surface area contributed by atoms with Crippen LogP contribution in [0, 0.1) is 40.9 Å². The summed E-state index contributed by atoms with van der Waals surface area (Å²) in [6, 6.07) is 9.24. The molecule has 0 bridgehead atoms. The number of carbonyl (C=O) groups is 2. The molecular formula is C19H19ClN4O2S. The van der Waals surface area contributed by atoms with Crippen molar-refractivity contribution in [2.75, 3.05) is 5.32 Å². The Bertz CT molecular complexity index is 911. The minimum atomic E-state index is -0.963. The first-order valence-electron chi connectivity index (χ1n) is 8.20. The zero-order valence-electron chi connectivity index (χ0n) is 15.4. The second-order valence-electron chi connectivity index (χ2n) is 6.80. The van der Waals surface area contributed by atoms with Crippen molar-refractivity contribution in [2.45, 2.75) is 32.9 Å². The second kappa shape index (κ2) is 8.04. The average Bonchev–Trinajstić information content (AvgIpc) is 2.57. The molecule has 0 spiro atoms. The monoisotopic (exact) mass is 402 g/mol. The van der Waals surface area contributed by atoms with Crippen molar-refractivity contribution in [3.05, 3.63) is 39.4 Å². The number of carbonyl (C=O) groups excluding carboxylic acids is 2. The maximum absolute atomic E-state index is 12.6. The van der Waals surface area contributed by atoms with Crippen LogP contribution < -0.4 is 10.6 Å². The van der Waals surface area contributed by atoms with Gasteiger partial charge in [-0.2, -0.15) is 10.5 Å². The van der Waals surface area contributed by atoms with Crippen LogP contribution in [0.2, 0.25) is 5.02 Å². The standard InChI is InChI=1S/C19H19ClN4O2S/c1-10-5-6-12(20)7-15(10)23-16(25)11(2)27-18-14(9-22)19(3,4)13(8-21)17(26)24-18/h5-7,11,13H,1-4H3,(H,23,25)(H,24,26)/t11-,13+/m1/s1. The maximum Gasteiger partial charge on any atom is 0.243 e. The van der Waals surface area contributed by atoms with Gasteiger partial charge in [0, 0.05) is 16.1 Å². The van der Waals surface area contributed by atoms with Gasteiger partial charge in [-0.25, -0.2) is 0 Å². The van der Waals surface area contributed by atoms with Crippen LogP contribution >= 0.6 is 23.4 Å². The summed E-state index contributed by atoms with van der Waals surface area (Å²) in [5, 5.41) is 24.5. The van der Waals surface area contributed by atoms with Crippen LogP contribution in [0.25, 0.3) is 0 Å². The number of hydrogen-bond donors (Lipinski definition) is 2. The normalized spacial score (nSPS) is 19.5. The number of hydrogen-bond acceptors (Lipinski definition) is 5. The Morgan fingerprint density at radius 2 is 2.07 bits per heavy atom. The zero-order valence-corrected chi connectivity index (χ0v) is 17.0. The lowest BCUT2D eigenvalue weighted by Crippen LogP contribution is -2.45. The van der Waals surface area contributed by atoms with E-state index in [1.54, 1.807) is 39.0 Å². The summed E-state index contributed by atoms with van der Waals surface area (Å²) in [4.78, 5) is 24.8. The van der Waals surface area contributed by atoms with E-state index in [2.05, 4.69) is 16.7 Å². The Hall–Kier alpha value is -2.48. The van der Waals surface area contributed by atoms with Gasteiger partial charge in [-0.05, 0) is 31.5 Å². The molecular weight excluding hydrogens is 384 g/mol. The summed E-state index contributed by atoms with van der Waals surface area (Å²) in [7, 11) is 0. The minimum absolute atomic E-state index is 0.287.